The number of hydrogen-bond acceptors (Lipinski definition) is 8. The Kier molecular flexibility index (Phi) is 11.0. The molecule has 0 aromatic rings. The zero-order valence-corrected chi connectivity index (χ0v) is 8.95. The van der Waals surface area contributed by atoms with Gasteiger partial charge >= 0.3 is 31.0 Å². The third-order valence-corrected chi connectivity index (χ3v) is 0. The van der Waals surface area contributed by atoms with Crippen LogP contribution in [0, 0.1) is 0 Å². The molecule has 64 valence electrons. The summed E-state index contributed by atoms with van der Waals surface area (Å²) in [6, 6.07) is 0. The molecule has 0 radical (unpaired) electrons. The van der Waals surface area contributed by atoms with Crippen LogP contribution < -0.4 is 58.9 Å². The normalized spacial score (nSPS) is 10.7. The molecule has 11 heavy (non-hydrogen) atoms. The molecule has 0 atom stereocenters. The molecule has 0 fully saturated rings. The molecule has 0 heterocycles. The molecule has 0 aromatic heterocycles. The van der Waals surface area contributed by atoms with Gasteiger partial charge in [-0.2, -0.15) is 15.6 Å². The fourth-order valence-electron chi connectivity index (χ4n) is 0. The van der Waals surface area contributed by atoms with Crippen molar-refractivity contribution >= 4 is 15.6 Å². The van der Waals surface area contributed by atoms with E-state index in [4.69, 9.17) is 38.5 Å². The van der Waals surface area contributed by atoms with Gasteiger partial charge in [0.05, 0.1) is 0 Å². The monoisotopic (exact) mass is 214 g/mol. The van der Waals surface area contributed by atoms with Gasteiger partial charge in [-0.25, -0.2) is 0 Å². The van der Waals surface area contributed by atoms with E-state index < -0.39 is 15.6 Å². The summed E-state index contributed by atoms with van der Waals surface area (Å²) in [4.78, 5) is 51.3. The van der Waals surface area contributed by atoms with Crippen LogP contribution in [0.1, 0.15) is 1.43 Å². The fraction of sp³-hybridized carbons (Fsp3) is 0. The molecule has 0 rings (SSSR count). The van der Waals surface area contributed by atoms with Crippen LogP contribution in [0.4, 0.5) is 0 Å². The first-order valence-corrected chi connectivity index (χ1v) is 4.38. The van der Waals surface area contributed by atoms with Crippen LogP contribution in [0.5, 0.6) is 0 Å². The zero-order valence-electron chi connectivity index (χ0n) is 6.16. The summed E-state index contributed by atoms with van der Waals surface area (Å²) < 4.78 is 17.1. The molecule has 0 saturated carbocycles. The van der Waals surface area contributed by atoms with Gasteiger partial charge in [0.1, 0.15) is 0 Å². The molecule has 0 aliphatic rings. The van der Waals surface area contributed by atoms with Crippen molar-refractivity contribution in [2.45, 2.75) is 0 Å². The maximum absolute atomic E-state index is 8.55. The van der Waals surface area contributed by atoms with Crippen molar-refractivity contribution in [3.05, 3.63) is 0 Å². The second kappa shape index (κ2) is 6.71. The van der Waals surface area contributed by atoms with Gasteiger partial charge in [-0.15, -0.1) is 0 Å². The summed E-state index contributed by atoms with van der Waals surface area (Å²) in [5.41, 5.74) is 0. The smallest absolute Gasteiger partial charge is 0.822 e. The second-order valence-corrected chi connectivity index (χ2v) is 2.68. The van der Waals surface area contributed by atoms with Crippen molar-refractivity contribution in [1.29, 1.82) is 0 Å². The predicted octanol–water partition coefficient (Wildman–Crippen LogP) is -8.53. The van der Waals surface area contributed by atoms with Gasteiger partial charge < -0.3 is 38.5 Å². The van der Waals surface area contributed by atoms with Gasteiger partial charge in [-0.05, 0) is 0 Å². The Morgan fingerprint density at radius 1 is 0.727 bits per heavy atom. The molecule has 0 N–H and O–H groups in total. The second-order valence-electron chi connectivity index (χ2n) is 0.894. The van der Waals surface area contributed by atoms with E-state index in [-0.39, 0.29) is 31.0 Å². The summed E-state index contributed by atoms with van der Waals surface area (Å²) in [5.74, 6) is 0. The first-order chi connectivity index (χ1) is 4.00. The molecular formula is HNaO8P2-4. The molecule has 0 unspecified atom stereocenters. The maximum atomic E-state index is 8.55. The van der Waals surface area contributed by atoms with E-state index in [1.807, 2.05) is 0 Å². The standard InChI is InChI=1S/Na.2H3O4P/c;2*1-5(2,3)4/h;2*(H3,1,2,3,4)/q+1;;/p-5. The Labute approximate surface area is 85.1 Å². The molecule has 0 aliphatic heterocycles. The predicted molar refractivity (Wildman–Crippen MR) is 16.3 cm³/mol. The fourth-order valence-corrected chi connectivity index (χ4v) is 0. The van der Waals surface area contributed by atoms with Crippen LogP contribution in [0.2, 0.25) is 0 Å². The Bertz CT molecular complexity index is 129. The van der Waals surface area contributed by atoms with Crippen LogP contribution in [-0.4, -0.2) is 0 Å². The van der Waals surface area contributed by atoms with E-state index in [1.165, 1.54) is 0 Å². The summed E-state index contributed by atoms with van der Waals surface area (Å²) in [6.07, 6.45) is 0. The van der Waals surface area contributed by atoms with Crippen molar-refractivity contribution < 1.29 is 69.5 Å². The van der Waals surface area contributed by atoms with Gasteiger partial charge in [0.15, 0.2) is 0 Å². The zero-order chi connectivity index (χ0) is 9.00. The van der Waals surface area contributed by atoms with E-state index in [0.29, 0.717) is 0 Å². The SMILES string of the molecule is O=P([O-])([O-])[O-].O=P([O-])([O-])[O-].[H+].[Na+]. The average Bonchev–Trinajstić information content (AvgIpc) is 1.12. The van der Waals surface area contributed by atoms with Crippen LogP contribution in [0.3, 0.4) is 0 Å². The minimum absolute atomic E-state index is 0. The van der Waals surface area contributed by atoms with Gasteiger partial charge in [0.2, 0.25) is 0 Å². The van der Waals surface area contributed by atoms with Gasteiger partial charge in [-0.1, -0.05) is 0 Å². The van der Waals surface area contributed by atoms with Crippen LogP contribution in [0.25, 0.3) is 0 Å². The van der Waals surface area contributed by atoms with E-state index in [2.05, 4.69) is 0 Å². The van der Waals surface area contributed by atoms with E-state index in [1.54, 1.807) is 0 Å². The topological polar surface area (TPSA) is 172 Å². The summed E-state index contributed by atoms with van der Waals surface area (Å²) in [5, 5.41) is 0. The third kappa shape index (κ3) is 641. The average molecular weight is 214 g/mol. The van der Waals surface area contributed by atoms with Crippen molar-refractivity contribution in [3.8, 4) is 0 Å². The maximum Gasteiger partial charge on any atom is 1.00 e. The molecule has 0 saturated heterocycles. The largest absolute Gasteiger partial charge is 1.00 e. The first-order valence-electron chi connectivity index (χ1n) is 1.46. The Balaban J connectivity index is -0.0000000457. The molecule has 0 amide bonds. The third-order valence-electron chi connectivity index (χ3n) is 0. The molecule has 0 aromatic carbocycles. The number of phosphoric acid groups is 2. The van der Waals surface area contributed by atoms with Crippen LogP contribution in [-0.2, 0) is 9.13 Å². The van der Waals surface area contributed by atoms with Crippen molar-refractivity contribution in [2.24, 2.45) is 0 Å². The Morgan fingerprint density at radius 2 is 0.727 bits per heavy atom. The van der Waals surface area contributed by atoms with Crippen molar-refractivity contribution in [3.63, 3.8) is 0 Å². The van der Waals surface area contributed by atoms with Gasteiger partial charge in [0, 0.05) is 0 Å². The Morgan fingerprint density at radius 3 is 0.727 bits per heavy atom. The quantitative estimate of drug-likeness (QED) is 0.282. The minimum atomic E-state index is -5.39. The van der Waals surface area contributed by atoms with E-state index in [9.17, 15) is 0 Å². The Hall–Kier alpha value is 1.22. The molecule has 0 aliphatic carbocycles. The van der Waals surface area contributed by atoms with E-state index >= 15 is 0 Å². The number of rotatable bonds is 0. The van der Waals surface area contributed by atoms with Gasteiger partial charge in [0.25, 0.3) is 0 Å². The van der Waals surface area contributed by atoms with Crippen LogP contribution in [0.15, 0.2) is 0 Å². The molecule has 11 heteroatoms. The summed E-state index contributed by atoms with van der Waals surface area (Å²) in [6.45, 7) is 0. The van der Waals surface area contributed by atoms with Crippen LogP contribution >= 0.6 is 15.6 Å². The van der Waals surface area contributed by atoms with Gasteiger partial charge in [-0.3, -0.25) is 0 Å². The van der Waals surface area contributed by atoms with E-state index in [0.717, 1.165) is 0 Å². The molecule has 0 bridgehead atoms. The minimum Gasteiger partial charge on any atom is -0.822 e. The van der Waals surface area contributed by atoms with Crippen molar-refractivity contribution in [2.75, 3.05) is 0 Å². The molecular weight excluding hydrogens is 213 g/mol. The first kappa shape index (κ1) is 18.1. The number of hydrogen-bond donors (Lipinski definition) is 0. The molecule has 0 spiro atoms. The summed E-state index contributed by atoms with van der Waals surface area (Å²) >= 11 is 0. The van der Waals surface area contributed by atoms with Crippen molar-refractivity contribution in [1.82, 2.24) is 0 Å². The summed E-state index contributed by atoms with van der Waals surface area (Å²) in [7, 11) is -10.8. The molecule has 8 nitrogen and oxygen atoms in total.